The minimum atomic E-state index is -0.836. The molecule has 4 atom stereocenters. The molecule has 0 saturated heterocycles. The third-order valence-corrected chi connectivity index (χ3v) is 8.90. The zero-order valence-electron chi connectivity index (χ0n) is 22.6. The van der Waals surface area contributed by atoms with E-state index in [2.05, 4.69) is 0 Å². The first-order valence-corrected chi connectivity index (χ1v) is 13.7. The fraction of sp³-hybridized carbons (Fsp3) is 0.533. The Morgan fingerprint density at radius 3 is 2.66 bits per heavy atom. The van der Waals surface area contributed by atoms with Crippen LogP contribution in [0.3, 0.4) is 0 Å². The maximum absolute atomic E-state index is 13.6. The highest BCUT2D eigenvalue weighted by atomic mass is 35.5. The third-order valence-electron chi connectivity index (χ3n) is 8.43. The molecule has 2 saturated carbocycles. The minimum Gasteiger partial charge on any atom is -0.495 e. The average Bonchev–Trinajstić information content (AvgIpc) is 3.46. The van der Waals surface area contributed by atoms with Gasteiger partial charge < -0.3 is 24.1 Å². The van der Waals surface area contributed by atoms with E-state index in [9.17, 15) is 14.7 Å². The van der Waals surface area contributed by atoms with Gasteiger partial charge in [0.25, 0.3) is 0 Å². The zero-order chi connectivity index (χ0) is 27.4. The minimum absolute atomic E-state index is 0.0625. The topological polar surface area (TPSA) is 91.3 Å². The van der Waals surface area contributed by atoms with Crippen LogP contribution in [0.1, 0.15) is 86.0 Å². The molecule has 2 fully saturated rings. The van der Waals surface area contributed by atoms with Crippen molar-refractivity contribution in [3.8, 4) is 23.0 Å². The lowest BCUT2D eigenvalue weighted by atomic mass is 9.75. The van der Waals surface area contributed by atoms with Crippen LogP contribution in [0.5, 0.6) is 23.0 Å². The number of ether oxygens (including phenoxy) is 4. The molecule has 3 aliphatic rings. The molecule has 0 radical (unpaired) electrons. The van der Waals surface area contributed by atoms with Gasteiger partial charge >= 0.3 is 11.9 Å². The lowest BCUT2D eigenvalue weighted by Crippen LogP contribution is -2.37. The van der Waals surface area contributed by atoms with Crippen LogP contribution in [0.4, 0.5) is 0 Å². The van der Waals surface area contributed by atoms with Crippen molar-refractivity contribution in [3.63, 3.8) is 0 Å². The number of aryl methyl sites for hydroxylation is 1. The SMILES string of the molecule is COc1c([C@@H](O)CC(C)C)ccc2c1C(=O)OCc1cc(C)c(Cl)c(OC(=O)[C@@]3(C)C[C@H]4CC[C@@H]3C4)c1O2. The molecule has 0 amide bonds. The molecule has 38 heavy (non-hydrogen) atoms. The Morgan fingerprint density at radius 2 is 2.03 bits per heavy atom. The van der Waals surface area contributed by atoms with Gasteiger partial charge in [-0.15, -0.1) is 0 Å². The van der Waals surface area contributed by atoms with Crippen molar-refractivity contribution >= 4 is 23.5 Å². The van der Waals surface area contributed by atoms with Gasteiger partial charge in [0.2, 0.25) is 0 Å². The third kappa shape index (κ3) is 4.54. The van der Waals surface area contributed by atoms with Crippen molar-refractivity contribution in [3.05, 3.63) is 45.5 Å². The van der Waals surface area contributed by atoms with Gasteiger partial charge in [-0.1, -0.05) is 31.9 Å². The number of carbonyl (C=O) groups excluding carboxylic acids is 2. The number of carbonyl (C=O) groups is 2. The molecule has 204 valence electrons. The Hall–Kier alpha value is -2.77. The van der Waals surface area contributed by atoms with E-state index < -0.39 is 17.5 Å². The van der Waals surface area contributed by atoms with Crippen LogP contribution in [-0.4, -0.2) is 24.2 Å². The molecule has 2 aromatic rings. The summed E-state index contributed by atoms with van der Waals surface area (Å²) >= 11 is 6.71. The van der Waals surface area contributed by atoms with Crippen LogP contribution < -0.4 is 14.2 Å². The molecular weight excluding hydrogens is 508 g/mol. The van der Waals surface area contributed by atoms with E-state index in [-0.39, 0.29) is 52.1 Å². The maximum Gasteiger partial charge on any atom is 0.346 e. The van der Waals surface area contributed by atoms with E-state index in [0.717, 1.165) is 25.7 Å². The standard InChI is InChI=1S/C30H35ClO7/c1-15(2)10-21(32)20-8-9-22-23(26(20)35-5)28(33)36-14-18-11-16(3)24(31)27(25(18)37-22)38-29(34)30(4)13-17-6-7-19(30)12-17/h8-9,11,15,17,19,21,32H,6-7,10,12-14H2,1-5H3/t17-,19+,21-,30-/m0/s1. The van der Waals surface area contributed by atoms with Gasteiger partial charge in [0.05, 0.1) is 23.7 Å². The number of aliphatic hydroxyl groups is 1. The smallest absolute Gasteiger partial charge is 0.346 e. The van der Waals surface area contributed by atoms with Crippen molar-refractivity contribution in [2.24, 2.45) is 23.2 Å². The average molecular weight is 543 g/mol. The quantitative estimate of drug-likeness (QED) is 0.312. The van der Waals surface area contributed by atoms with Crippen molar-refractivity contribution in [1.29, 1.82) is 0 Å². The summed E-state index contributed by atoms with van der Waals surface area (Å²) in [6, 6.07) is 5.05. The van der Waals surface area contributed by atoms with Crippen LogP contribution in [0.25, 0.3) is 0 Å². The molecule has 5 rings (SSSR count). The molecular formula is C30H35ClO7. The van der Waals surface area contributed by atoms with Crippen LogP contribution in [0.2, 0.25) is 5.02 Å². The first-order chi connectivity index (χ1) is 18.0. The number of hydrogen-bond acceptors (Lipinski definition) is 7. The van der Waals surface area contributed by atoms with Gasteiger partial charge in [-0.3, -0.25) is 4.79 Å². The number of halogens is 1. The van der Waals surface area contributed by atoms with Crippen molar-refractivity contribution in [1.82, 2.24) is 0 Å². The molecule has 2 bridgehead atoms. The largest absolute Gasteiger partial charge is 0.495 e. The summed E-state index contributed by atoms with van der Waals surface area (Å²) in [7, 11) is 1.44. The second-order valence-corrected chi connectivity index (χ2v) is 12.0. The number of hydrogen-bond donors (Lipinski definition) is 1. The predicted molar refractivity (Wildman–Crippen MR) is 142 cm³/mol. The lowest BCUT2D eigenvalue weighted by molar-refractivity contribution is -0.148. The first kappa shape index (κ1) is 26.8. The Balaban J connectivity index is 1.57. The molecule has 0 unspecified atom stereocenters. The van der Waals surface area contributed by atoms with Crippen molar-refractivity contribution in [2.75, 3.05) is 7.11 Å². The van der Waals surface area contributed by atoms with Gasteiger partial charge in [0.15, 0.2) is 11.5 Å². The first-order valence-electron chi connectivity index (χ1n) is 13.3. The number of fused-ring (bicyclic) bond motifs is 4. The van der Waals surface area contributed by atoms with E-state index in [1.54, 1.807) is 25.1 Å². The van der Waals surface area contributed by atoms with Gasteiger partial charge in [-0.25, -0.2) is 4.79 Å². The van der Waals surface area contributed by atoms with E-state index >= 15 is 0 Å². The Labute approximate surface area is 228 Å². The van der Waals surface area contributed by atoms with Gasteiger partial charge in [-0.2, -0.15) is 0 Å². The van der Waals surface area contributed by atoms with Crippen LogP contribution in [-0.2, 0) is 16.1 Å². The van der Waals surface area contributed by atoms with Gasteiger partial charge in [-0.05, 0) is 81.0 Å². The zero-order valence-corrected chi connectivity index (χ0v) is 23.3. The maximum atomic E-state index is 13.6. The normalized spacial score (nSPS) is 24.6. The number of cyclic esters (lactones) is 1. The molecule has 2 aromatic carbocycles. The Morgan fingerprint density at radius 1 is 1.26 bits per heavy atom. The van der Waals surface area contributed by atoms with E-state index in [1.165, 1.54) is 7.11 Å². The summed E-state index contributed by atoms with van der Waals surface area (Å²) < 4.78 is 23.6. The second kappa shape index (κ2) is 10.1. The summed E-state index contributed by atoms with van der Waals surface area (Å²) in [5, 5.41) is 11.1. The fourth-order valence-electron chi connectivity index (χ4n) is 6.43. The molecule has 1 aliphatic heterocycles. The van der Waals surface area contributed by atoms with Crippen molar-refractivity contribution in [2.45, 2.75) is 72.5 Å². The summed E-state index contributed by atoms with van der Waals surface area (Å²) in [5.74, 6) is 0.843. The summed E-state index contributed by atoms with van der Waals surface area (Å²) in [5.41, 5.74) is 1.18. The van der Waals surface area contributed by atoms with Crippen LogP contribution >= 0.6 is 11.6 Å². The van der Waals surface area contributed by atoms with Gasteiger partial charge in [0, 0.05) is 11.1 Å². The molecule has 0 aromatic heterocycles. The lowest BCUT2D eigenvalue weighted by Gasteiger charge is -2.32. The molecule has 0 spiro atoms. The second-order valence-electron chi connectivity index (χ2n) is 11.6. The summed E-state index contributed by atoms with van der Waals surface area (Å²) in [4.78, 5) is 26.7. The van der Waals surface area contributed by atoms with Gasteiger partial charge in [0.1, 0.15) is 23.7 Å². The predicted octanol–water partition coefficient (Wildman–Crippen LogP) is 6.93. The monoisotopic (exact) mass is 542 g/mol. The number of esters is 2. The number of rotatable bonds is 6. The number of methoxy groups -OCH3 is 1. The van der Waals surface area contributed by atoms with E-state index in [1.807, 2.05) is 20.8 Å². The highest BCUT2D eigenvalue weighted by Crippen LogP contribution is 2.57. The molecule has 2 aliphatic carbocycles. The number of aliphatic hydroxyl groups excluding tert-OH is 1. The Bertz CT molecular complexity index is 1290. The molecule has 8 heteroatoms. The van der Waals surface area contributed by atoms with E-state index in [0.29, 0.717) is 34.9 Å². The molecule has 1 heterocycles. The Kier molecular flexibility index (Phi) is 7.12. The van der Waals surface area contributed by atoms with Crippen LogP contribution in [0.15, 0.2) is 18.2 Å². The highest BCUT2D eigenvalue weighted by Gasteiger charge is 2.53. The summed E-state index contributed by atoms with van der Waals surface area (Å²) in [6.07, 6.45) is 3.70. The highest BCUT2D eigenvalue weighted by molar-refractivity contribution is 6.33. The van der Waals surface area contributed by atoms with Crippen LogP contribution in [0, 0.1) is 30.1 Å². The van der Waals surface area contributed by atoms with E-state index in [4.69, 9.17) is 30.5 Å². The molecule has 1 N–H and O–H groups in total. The van der Waals surface area contributed by atoms with Crippen molar-refractivity contribution < 1.29 is 33.6 Å². The fourth-order valence-corrected chi connectivity index (χ4v) is 6.61. The molecule has 7 nitrogen and oxygen atoms in total. The summed E-state index contributed by atoms with van der Waals surface area (Å²) in [6.45, 7) is 7.69. The number of benzene rings is 2.